The van der Waals surface area contributed by atoms with Crippen molar-refractivity contribution in [2.45, 2.75) is 97.5 Å². The van der Waals surface area contributed by atoms with Crippen molar-refractivity contribution in [1.82, 2.24) is 9.96 Å². The molecular weight excluding hydrogens is 396 g/mol. The van der Waals surface area contributed by atoms with Crippen LogP contribution in [0, 0.1) is 11.3 Å². The van der Waals surface area contributed by atoms with Crippen molar-refractivity contribution in [3.8, 4) is 0 Å². The number of hydrogen-bond donors (Lipinski definition) is 0. The molecule has 0 N–H and O–H groups in total. The van der Waals surface area contributed by atoms with Gasteiger partial charge in [0.15, 0.2) is 0 Å². The van der Waals surface area contributed by atoms with Gasteiger partial charge in [0.25, 0.3) is 0 Å². The molecule has 3 aliphatic heterocycles. The summed E-state index contributed by atoms with van der Waals surface area (Å²) >= 11 is 0. The van der Waals surface area contributed by atoms with E-state index in [9.17, 15) is 9.59 Å². The number of carbonyl (C=O) groups excluding carboxylic acids is 2. The summed E-state index contributed by atoms with van der Waals surface area (Å²) < 4.78 is 11.3. The SMILES string of the molecule is C[C@H]1CN(CC[C@]23C=C[C@H](CC2)N(C(=O)OC(C)(C)C)O3)CC[C@@H]1OC(=O)C(C)(C)C. The number of rotatable bonds is 4. The van der Waals surface area contributed by atoms with Crippen LogP contribution in [0.5, 0.6) is 0 Å². The maximum absolute atomic E-state index is 12.6. The van der Waals surface area contributed by atoms with Crippen molar-refractivity contribution in [2.75, 3.05) is 19.6 Å². The number of likely N-dealkylation sites (tertiary alicyclic amines) is 1. The summed E-state index contributed by atoms with van der Waals surface area (Å²) in [5, 5.41) is 1.43. The highest BCUT2D eigenvalue weighted by Crippen LogP contribution is 2.39. The van der Waals surface area contributed by atoms with E-state index in [4.69, 9.17) is 14.3 Å². The zero-order valence-electron chi connectivity index (χ0n) is 20.3. The molecule has 1 amide bonds. The third-order valence-corrected chi connectivity index (χ3v) is 6.27. The van der Waals surface area contributed by atoms with Crippen molar-refractivity contribution < 1.29 is 23.9 Å². The van der Waals surface area contributed by atoms with E-state index in [0.717, 1.165) is 45.3 Å². The third-order valence-electron chi connectivity index (χ3n) is 6.27. The summed E-state index contributed by atoms with van der Waals surface area (Å²) in [5.41, 5.74) is -1.48. The predicted molar refractivity (Wildman–Crippen MR) is 118 cm³/mol. The Morgan fingerprint density at radius 3 is 2.42 bits per heavy atom. The highest BCUT2D eigenvalue weighted by atomic mass is 16.7. The summed E-state index contributed by atoms with van der Waals surface area (Å²) in [4.78, 5) is 33.4. The second-order valence-electron chi connectivity index (χ2n) is 11.4. The number of esters is 1. The molecule has 0 radical (unpaired) electrons. The van der Waals surface area contributed by atoms with Gasteiger partial charge in [0.05, 0.1) is 11.5 Å². The minimum Gasteiger partial charge on any atom is -0.462 e. The first kappa shape index (κ1) is 24.1. The zero-order chi connectivity index (χ0) is 23.0. The normalized spacial score (nSPS) is 31.6. The Balaban J connectivity index is 1.52. The van der Waals surface area contributed by atoms with Gasteiger partial charge in [0, 0.05) is 25.6 Å². The highest BCUT2D eigenvalue weighted by molar-refractivity contribution is 5.75. The average molecular weight is 437 g/mol. The molecule has 1 aliphatic carbocycles. The monoisotopic (exact) mass is 436 g/mol. The standard InChI is InChI=1S/C24H40N2O5/c1-17-16-25(14-10-19(17)29-20(27)22(2,3)4)15-13-24-11-8-18(9-12-24)26(31-24)21(28)30-23(5,6)7/h8,11,17-19H,9-10,12-16H2,1-7H3/t17-,18+,19-,24-/m0/s1. The van der Waals surface area contributed by atoms with Gasteiger partial charge in [-0.2, -0.15) is 5.06 Å². The Morgan fingerprint density at radius 2 is 1.87 bits per heavy atom. The van der Waals surface area contributed by atoms with Crippen LogP contribution < -0.4 is 0 Å². The van der Waals surface area contributed by atoms with Gasteiger partial charge in [-0.25, -0.2) is 4.79 Å². The number of fused-ring (bicyclic) bond motifs is 2. The molecule has 0 spiro atoms. The van der Waals surface area contributed by atoms with Crippen LogP contribution in [-0.4, -0.2) is 65.0 Å². The number of piperidine rings is 1. The van der Waals surface area contributed by atoms with E-state index in [-0.39, 0.29) is 24.0 Å². The first-order valence-corrected chi connectivity index (χ1v) is 11.6. The maximum Gasteiger partial charge on any atom is 0.435 e. The maximum atomic E-state index is 12.6. The molecule has 0 saturated carbocycles. The van der Waals surface area contributed by atoms with Crippen LogP contribution in [0.4, 0.5) is 4.79 Å². The van der Waals surface area contributed by atoms with E-state index in [1.54, 1.807) is 0 Å². The lowest BCUT2D eigenvalue weighted by molar-refractivity contribution is -0.261. The molecule has 0 aromatic heterocycles. The van der Waals surface area contributed by atoms with E-state index in [0.29, 0.717) is 0 Å². The molecule has 4 rings (SSSR count). The molecule has 2 fully saturated rings. The average Bonchev–Trinajstić information content (AvgIpc) is 2.67. The van der Waals surface area contributed by atoms with Crippen molar-refractivity contribution in [2.24, 2.45) is 11.3 Å². The molecule has 7 heteroatoms. The topological polar surface area (TPSA) is 68.3 Å². The molecule has 31 heavy (non-hydrogen) atoms. The third kappa shape index (κ3) is 6.01. The zero-order valence-corrected chi connectivity index (χ0v) is 20.3. The number of carbonyl (C=O) groups is 2. The van der Waals surface area contributed by atoms with E-state index in [1.807, 2.05) is 41.5 Å². The van der Waals surface area contributed by atoms with E-state index in [1.165, 1.54) is 5.06 Å². The van der Waals surface area contributed by atoms with Crippen LogP contribution >= 0.6 is 0 Å². The Morgan fingerprint density at radius 1 is 1.16 bits per heavy atom. The largest absolute Gasteiger partial charge is 0.462 e. The van der Waals surface area contributed by atoms with Crippen LogP contribution in [-0.2, 0) is 19.1 Å². The number of ether oxygens (including phenoxy) is 2. The lowest BCUT2D eigenvalue weighted by atomic mass is 9.83. The fourth-order valence-electron chi connectivity index (χ4n) is 4.38. The van der Waals surface area contributed by atoms with Gasteiger partial charge >= 0.3 is 12.1 Å². The van der Waals surface area contributed by atoms with Crippen molar-refractivity contribution >= 4 is 12.1 Å². The van der Waals surface area contributed by atoms with Crippen LogP contribution in [0.2, 0.25) is 0 Å². The van der Waals surface area contributed by atoms with Gasteiger partial charge in [-0.05, 0) is 67.2 Å². The summed E-state index contributed by atoms with van der Waals surface area (Å²) in [5.74, 6) is 0.158. The summed E-state index contributed by atoms with van der Waals surface area (Å²) in [6.45, 7) is 16.1. The van der Waals surface area contributed by atoms with Gasteiger partial charge in [-0.1, -0.05) is 19.1 Å². The van der Waals surface area contributed by atoms with Crippen LogP contribution in [0.25, 0.3) is 0 Å². The van der Waals surface area contributed by atoms with E-state index >= 15 is 0 Å². The molecule has 176 valence electrons. The second-order valence-corrected chi connectivity index (χ2v) is 11.4. The molecular formula is C24H40N2O5. The molecule has 2 saturated heterocycles. The lowest BCUT2D eigenvalue weighted by Crippen LogP contribution is -2.57. The van der Waals surface area contributed by atoms with Gasteiger partial charge in [0.2, 0.25) is 0 Å². The smallest absolute Gasteiger partial charge is 0.435 e. The quantitative estimate of drug-likeness (QED) is 0.483. The van der Waals surface area contributed by atoms with E-state index in [2.05, 4.69) is 24.0 Å². The fourth-order valence-corrected chi connectivity index (χ4v) is 4.38. The van der Waals surface area contributed by atoms with Gasteiger partial charge in [-0.3, -0.25) is 9.63 Å². The Kier molecular flexibility index (Phi) is 6.78. The Bertz CT molecular complexity index is 708. The number of nitrogens with zero attached hydrogens (tertiary/aromatic N) is 2. The van der Waals surface area contributed by atoms with Crippen LogP contribution in [0.3, 0.4) is 0 Å². The molecule has 3 heterocycles. The number of hydrogen-bond acceptors (Lipinski definition) is 6. The fraction of sp³-hybridized carbons (Fsp3) is 0.833. The minimum absolute atomic E-state index is 0.0231. The second kappa shape index (κ2) is 8.74. The first-order valence-electron chi connectivity index (χ1n) is 11.6. The Labute approximate surface area is 187 Å². The summed E-state index contributed by atoms with van der Waals surface area (Å²) in [7, 11) is 0. The summed E-state index contributed by atoms with van der Waals surface area (Å²) in [6, 6.07) is -0.0509. The molecule has 0 aromatic rings. The molecule has 0 aromatic carbocycles. The van der Waals surface area contributed by atoms with Gasteiger partial charge < -0.3 is 14.4 Å². The van der Waals surface area contributed by atoms with Gasteiger partial charge in [-0.15, -0.1) is 0 Å². The molecule has 4 atom stereocenters. The highest BCUT2D eigenvalue weighted by Gasteiger charge is 2.46. The van der Waals surface area contributed by atoms with Crippen molar-refractivity contribution in [3.05, 3.63) is 12.2 Å². The van der Waals surface area contributed by atoms with E-state index < -0.39 is 22.7 Å². The lowest BCUT2D eigenvalue weighted by Gasteiger charge is -2.48. The Hall–Kier alpha value is -1.60. The minimum atomic E-state index is -0.551. The van der Waals surface area contributed by atoms with Crippen LogP contribution in [0.15, 0.2) is 12.2 Å². The predicted octanol–water partition coefficient (Wildman–Crippen LogP) is 4.32. The van der Waals surface area contributed by atoms with Gasteiger partial charge in [0.1, 0.15) is 17.3 Å². The molecule has 4 aliphatic rings. The molecule has 0 unspecified atom stereocenters. The van der Waals surface area contributed by atoms with Crippen LogP contribution in [0.1, 0.15) is 74.1 Å². The van der Waals surface area contributed by atoms with Crippen molar-refractivity contribution in [3.63, 3.8) is 0 Å². The number of amides is 1. The molecule has 2 bridgehead atoms. The number of hydroxylamine groups is 2. The van der Waals surface area contributed by atoms with Crippen molar-refractivity contribution in [1.29, 1.82) is 0 Å². The summed E-state index contributed by atoms with van der Waals surface area (Å²) in [6.07, 6.45) is 7.22. The molecule has 7 nitrogen and oxygen atoms in total. The first-order chi connectivity index (χ1) is 14.3.